The molecule has 102 valence electrons. The van der Waals surface area contributed by atoms with Gasteiger partial charge in [0, 0.05) is 0 Å². The van der Waals surface area contributed by atoms with Gasteiger partial charge in [0.05, 0.1) is 0 Å². The van der Waals surface area contributed by atoms with Crippen molar-refractivity contribution in [2.24, 2.45) is 0 Å². The van der Waals surface area contributed by atoms with Crippen LogP contribution < -0.4 is 0 Å². The van der Waals surface area contributed by atoms with Gasteiger partial charge in [0.1, 0.15) is 0 Å². The van der Waals surface area contributed by atoms with E-state index in [9.17, 15) is 0 Å². The Kier molecular flexibility index (Phi) is 4.32. The quantitative estimate of drug-likeness (QED) is 0.627. The van der Waals surface area contributed by atoms with Crippen LogP contribution in [0, 0.1) is 0 Å². The van der Waals surface area contributed by atoms with Gasteiger partial charge in [0.25, 0.3) is 0 Å². The number of hydrogen-bond donors (Lipinski definition) is 0. The predicted octanol–water partition coefficient (Wildman–Crippen LogP) is 5.95. The third-order valence-corrected chi connectivity index (χ3v) is 4.21. The van der Waals surface area contributed by atoms with E-state index < -0.39 is 0 Å². The van der Waals surface area contributed by atoms with E-state index in [1.807, 2.05) is 0 Å². The first-order valence-corrected chi connectivity index (χ1v) is 7.78. The summed E-state index contributed by atoms with van der Waals surface area (Å²) in [4.78, 5) is 0. The molecule has 0 heteroatoms. The minimum atomic E-state index is 1.22. The molecule has 0 aromatic heterocycles. The molecule has 2 aromatic rings. The number of rotatable bonds is 2. The highest BCUT2D eigenvalue weighted by Crippen LogP contribution is 2.35. The molecule has 0 radical (unpaired) electrons. The lowest BCUT2D eigenvalue weighted by molar-refractivity contribution is 0.649. The van der Waals surface area contributed by atoms with Gasteiger partial charge in [0.2, 0.25) is 0 Å². The third kappa shape index (κ3) is 3.01. The van der Waals surface area contributed by atoms with Crippen molar-refractivity contribution in [3.63, 3.8) is 0 Å². The second-order valence-corrected chi connectivity index (χ2v) is 5.60. The van der Waals surface area contributed by atoms with E-state index in [4.69, 9.17) is 0 Å². The second-order valence-electron chi connectivity index (χ2n) is 5.60. The zero-order chi connectivity index (χ0) is 13.6. The van der Waals surface area contributed by atoms with Crippen LogP contribution in [0.1, 0.15) is 49.7 Å². The van der Waals surface area contributed by atoms with E-state index in [0.29, 0.717) is 0 Å². The number of hydrogen-bond acceptors (Lipinski definition) is 0. The molecule has 0 spiro atoms. The predicted molar refractivity (Wildman–Crippen MR) is 87.4 cm³/mol. The van der Waals surface area contributed by atoms with Crippen LogP contribution in [0.25, 0.3) is 11.1 Å². The summed E-state index contributed by atoms with van der Waals surface area (Å²) in [5.74, 6) is 0. The second kappa shape index (κ2) is 6.56. The molecule has 0 saturated carbocycles. The molecule has 0 bridgehead atoms. The van der Waals surface area contributed by atoms with Crippen LogP contribution in [0.5, 0.6) is 0 Å². The first kappa shape index (κ1) is 13.2. The first-order valence-electron chi connectivity index (χ1n) is 7.78. The molecule has 0 saturated heterocycles. The van der Waals surface area contributed by atoms with Crippen molar-refractivity contribution < 1.29 is 0 Å². The lowest BCUT2D eigenvalue weighted by Crippen LogP contribution is -1.97. The number of benzene rings is 2. The fraction of sp³-hybridized carbons (Fsp3) is 0.300. The smallest absolute Gasteiger partial charge is 0.0222 e. The van der Waals surface area contributed by atoms with Gasteiger partial charge in [-0.25, -0.2) is 0 Å². The van der Waals surface area contributed by atoms with Crippen molar-refractivity contribution in [1.29, 1.82) is 0 Å². The summed E-state index contributed by atoms with van der Waals surface area (Å²) in [7, 11) is 0. The van der Waals surface area contributed by atoms with Crippen LogP contribution in [-0.4, -0.2) is 0 Å². The van der Waals surface area contributed by atoms with Crippen LogP contribution in [0.15, 0.2) is 60.7 Å². The van der Waals surface area contributed by atoms with Gasteiger partial charge in [-0.1, -0.05) is 73.5 Å². The molecule has 0 N–H and O–H groups in total. The van der Waals surface area contributed by atoms with Gasteiger partial charge in [0.15, 0.2) is 0 Å². The molecule has 20 heavy (non-hydrogen) atoms. The van der Waals surface area contributed by atoms with Crippen LogP contribution >= 0.6 is 0 Å². The fourth-order valence-electron chi connectivity index (χ4n) is 3.17. The molecule has 0 amide bonds. The average Bonchev–Trinajstić information content (AvgIpc) is 2.49. The van der Waals surface area contributed by atoms with Crippen molar-refractivity contribution in [2.75, 3.05) is 0 Å². The van der Waals surface area contributed by atoms with Crippen molar-refractivity contribution in [3.05, 3.63) is 71.8 Å². The fourth-order valence-corrected chi connectivity index (χ4v) is 3.17. The Labute approximate surface area is 122 Å². The summed E-state index contributed by atoms with van der Waals surface area (Å²) in [6.07, 6.45) is 7.82. The van der Waals surface area contributed by atoms with E-state index in [1.54, 1.807) is 11.1 Å². The minimum Gasteiger partial charge on any atom is -0.0622 e. The molecule has 0 atom stereocenters. The Balaban J connectivity index is 2.09. The van der Waals surface area contributed by atoms with Gasteiger partial charge >= 0.3 is 0 Å². The highest BCUT2D eigenvalue weighted by Gasteiger charge is 2.13. The molecule has 1 aliphatic carbocycles. The molecule has 3 rings (SSSR count). The molecule has 0 fully saturated rings. The van der Waals surface area contributed by atoms with Crippen LogP contribution in [0.3, 0.4) is 0 Å². The normalized spacial score (nSPS) is 16.6. The zero-order valence-electron chi connectivity index (χ0n) is 12.0. The summed E-state index contributed by atoms with van der Waals surface area (Å²) in [6.45, 7) is 0. The van der Waals surface area contributed by atoms with E-state index in [-0.39, 0.29) is 0 Å². The van der Waals surface area contributed by atoms with Crippen molar-refractivity contribution in [2.45, 2.75) is 38.5 Å². The monoisotopic (exact) mass is 262 g/mol. The maximum atomic E-state index is 2.26. The van der Waals surface area contributed by atoms with Gasteiger partial charge in [-0.3, -0.25) is 0 Å². The van der Waals surface area contributed by atoms with Crippen LogP contribution in [0.2, 0.25) is 0 Å². The largest absolute Gasteiger partial charge is 0.0622 e. The standard InChI is InChI=1S/C20H22/c1-2-10-16-20(18-13-7-4-8-14-18)19(15-9-1)17-11-5-3-6-12-17/h3-8,11-14H,1-2,9-10,15-16H2. The van der Waals surface area contributed by atoms with E-state index >= 15 is 0 Å². The Bertz CT molecular complexity index is 510. The van der Waals surface area contributed by atoms with Crippen LogP contribution in [-0.2, 0) is 0 Å². The summed E-state index contributed by atoms with van der Waals surface area (Å²) in [5.41, 5.74) is 5.95. The third-order valence-electron chi connectivity index (χ3n) is 4.21. The van der Waals surface area contributed by atoms with E-state index in [2.05, 4.69) is 60.7 Å². The summed E-state index contributed by atoms with van der Waals surface area (Å²) >= 11 is 0. The van der Waals surface area contributed by atoms with Gasteiger partial charge in [-0.15, -0.1) is 0 Å². The Morgan fingerprint density at radius 3 is 1.25 bits per heavy atom. The molecular formula is C20H22. The molecule has 0 heterocycles. The highest BCUT2D eigenvalue weighted by molar-refractivity contribution is 5.90. The molecule has 0 aliphatic heterocycles. The molecule has 0 nitrogen and oxygen atoms in total. The molecular weight excluding hydrogens is 240 g/mol. The molecule has 2 aromatic carbocycles. The topological polar surface area (TPSA) is 0 Å². The maximum Gasteiger partial charge on any atom is -0.0222 e. The van der Waals surface area contributed by atoms with Crippen molar-refractivity contribution >= 4 is 11.1 Å². The van der Waals surface area contributed by atoms with E-state index in [0.717, 1.165) is 0 Å². The van der Waals surface area contributed by atoms with Crippen molar-refractivity contribution in [3.8, 4) is 0 Å². The van der Waals surface area contributed by atoms with Crippen LogP contribution in [0.4, 0.5) is 0 Å². The van der Waals surface area contributed by atoms with Gasteiger partial charge < -0.3 is 0 Å². The lowest BCUT2D eigenvalue weighted by atomic mass is 9.86. The Hall–Kier alpha value is -1.82. The number of allylic oxidation sites excluding steroid dienone is 2. The van der Waals surface area contributed by atoms with Crippen molar-refractivity contribution in [1.82, 2.24) is 0 Å². The average molecular weight is 262 g/mol. The summed E-state index contributed by atoms with van der Waals surface area (Å²) in [5, 5.41) is 0. The first-order chi connectivity index (χ1) is 9.95. The molecule has 0 unspecified atom stereocenters. The minimum absolute atomic E-state index is 1.22. The van der Waals surface area contributed by atoms with Gasteiger partial charge in [-0.05, 0) is 48.0 Å². The highest BCUT2D eigenvalue weighted by atomic mass is 14.2. The zero-order valence-corrected chi connectivity index (χ0v) is 12.0. The summed E-state index contributed by atoms with van der Waals surface area (Å²) in [6, 6.07) is 21.9. The maximum absolute atomic E-state index is 2.26. The molecule has 1 aliphatic rings. The Morgan fingerprint density at radius 1 is 0.450 bits per heavy atom. The van der Waals surface area contributed by atoms with E-state index in [1.165, 1.54) is 49.7 Å². The summed E-state index contributed by atoms with van der Waals surface area (Å²) < 4.78 is 0. The lowest BCUT2D eigenvalue weighted by Gasteiger charge is -2.19. The Morgan fingerprint density at radius 2 is 0.850 bits per heavy atom. The SMILES string of the molecule is c1ccc(C2=C(c3ccccc3)CCCCCC2)cc1. The van der Waals surface area contributed by atoms with Gasteiger partial charge in [-0.2, -0.15) is 0 Å².